The van der Waals surface area contributed by atoms with E-state index in [2.05, 4.69) is 20.5 Å². The third-order valence-electron chi connectivity index (χ3n) is 5.39. The topological polar surface area (TPSA) is 78.7 Å². The van der Waals surface area contributed by atoms with Crippen molar-refractivity contribution in [3.8, 4) is 0 Å². The predicted molar refractivity (Wildman–Crippen MR) is 120 cm³/mol. The molecule has 1 aromatic carbocycles. The molecule has 7 nitrogen and oxygen atoms in total. The summed E-state index contributed by atoms with van der Waals surface area (Å²) < 4.78 is 1.96. The molecule has 1 fully saturated rings. The van der Waals surface area contributed by atoms with Gasteiger partial charge in [-0.3, -0.25) is 14.5 Å². The maximum atomic E-state index is 12.5. The Bertz CT molecular complexity index is 1030. The first-order valence-electron chi connectivity index (χ1n) is 10.6. The van der Waals surface area contributed by atoms with Crippen LogP contribution >= 0.6 is 0 Å². The van der Waals surface area contributed by atoms with E-state index in [-0.39, 0.29) is 18.2 Å². The first kappa shape index (κ1) is 20.8. The van der Waals surface area contributed by atoms with Crippen LogP contribution in [0.2, 0.25) is 0 Å². The van der Waals surface area contributed by atoms with E-state index in [1.165, 1.54) is 0 Å². The van der Waals surface area contributed by atoms with Gasteiger partial charge in [0, 0.05) is 45.0 Å². The summed E-state index contributed by atoms with van der Waals surface area (Å²) >= 11 is 0. The summed E-state index contributed by atoms with van der Waals surface area (Å²) in [4.78, 5) is 31.5. The number of hydrogen-bond acceptors (Lipinski definition) is 4. The largest absolute Gasteiger partial charge is 0.356 e. The number of carbonyl (C=O) groups excluding carboxylic acids is 2. The molecule has 0 saturated carbocycles. The lowest BCUT2D eigenvalue weighted by atomic mass is 10.1. The van der Waals surface area contributed by atoms with Crippen LogP contribution < -0.4 is 10.6 Å². The van der Waals surface area contributed by atoms with Gasteiger partial charge in [0.05, 0.1) is 18.2 Å². The average Bonchev–Trinajstić information content (AvgIpc) is 3.19. The molecule has 160 valence electrons. The summed E-state index contributed by atoms with van der Waals surface area (Å²) in [5, 5.41) is 5.81. The number of carbonyl (C=O) groups is 2. The third-order valence-corrected chi connectivity index (χ3v) is 5.39. The Labute approximate surface area is 181 Å². The van der Waals surface area contributed by atoms with Crippen LogP contribution in [0.5, 0.6) is 0 Å². The molecule has 4 rings (SSSR count). The van der Waals surface area contributed by atoms with Crippen LogP contribution in [-0.4, -0.2) is 58.3 Å². The lowest BCUT2D eigenvalue weighted by molar-refractivity contribution is -0.133. The lowest BCUT2D eigenvalue weighted by Gasteiger charge is -2.33. The molecule has 1 saturated heterocycles. The molecular formula is C24H27N5O2. The maximum Gasteiger partial charge on any atom is 0.237 e. The van der Waals surface area contributed by atoms with E-state index in [0.29, 0.717) is 26.1 Å². The fourth-order valence-corrected chi connectivity index (χ4v) is 3.78. The van der Waals surface area contributed by atoms with Crippen LogP contribution in [0.3, 0.4) is 0 Å². The minimum absolute atomic E-state index is 0.0881. The number of nitrogens with one attached hydrogen (secondary N) is 2. The van der Waals surface area contributed by atoms with Crippen molar-refractivity contribution in [1.29, 1.82) is 0 Å². The lowest BCUT2D eigenvalue weighted by Crippen LogP contribution is -2.56. The van der Waals surface area contributed by atoms with E-state index < -0.39 is 6.04 Å². The molecule has 1 unspecified atom stereocenters. The number of aromatic nitrogens is 2. The summed E-state index contributed by atoms with van der Waals surface area (Å²) in [5.74, 6) is -0.210. The molecule has 7 heteroatoms. The fourth-order valence-electron chi connectivity index (χ4n) is 3.78. The van der Waals surface area contributed by atoms with Gasteiger partial charge in [0.1, 0.15) is 5.65 Å². The highest BCUT2D eigenvalue weighted by Crippen LogP contribution is 2.10. The molecule has 2 aromatic heterocycles. The van der Waals surface area contributed by atoms with Gasteiger partial charge in [-0.05, 0) is 17.7 Å². The molecule has 0 radical (unpaired) electrons. The van der Waals surface area contributed by atoms with Crippen LogP contribution in [0.1, 0.15) is 17.7 Å². The molecule has 0 bridgehead atoms. The molecule has 2 N–H and O–H groups in total. The van der Waals surface area contributed by atoms with Crippen LogP contribution in [0.25, 0.3) is 11.7 Å². The van der Waals surface area contributed by atoms with Gasteiger partial charge in [0.15, 0.2) is 0 Å². The summed E-state index contributed by atoms with van der Waals surface area (Å²) in [7, 11) is 0. The van der Waals surface area contributed by atoms with Crippen molar-refractivity contribution >= 4 is 23.5 Å². The second-order valence-corrected chi connectivity index (χ2v) is 7.62. The number of pyridine rings is 1. The van der Waals surface area contributed by atoms with Crippen molar-refractivity contribution < 1.29 is 9.59 Å². The SMILES string of the molecule is O=C(CC1C(=O)NCCN1C/C=C/c1ccccc1)NCCc1cn2ccccc2n1. The molecule has 0 aliphatic carbocycles. The highest BCUT2D eigenvalue weighted by Gasteiger charge is 2.30. The molecule has 1 aliphatic rings. The number of piperazine rings is 1. The van der Waals surface area contributed by atoms with Gasteiger partial charge < -0.3 is 15.0 Å². The summed E-state index contributed by atoms with van der Waals surface area (Å²) in [5.41, 5.74) is 2.93. The zero-order valence-electron chi connectivity index (χ0n) is 17.4. The first-order chi connectivity index (χ1) is 15.2. The molecular weight excluding hydrogens is 390 g/mol. The number of fused-ring (bicyclic) bond motifs is 1. The molecule has 2 amide bonds. The van der Waals surface area contributed by atoms with E-state index in [4.69, 9.17) is 0 Å². The smallest absolute Gasteiger partial charge is 0.237 e. The second kappa shape index (κ2) is 10.0. The molecule has 1 atom stereocenters. The second-order valence-electron chi connectivity index (χ2n) is 7.62. The van der Waals surface area contributed by atoms with E-state index in [9.17, 15) is 9.59 Å². The Kier molecular flexibility index (Phi) is 6.74. The van der Waals surface area contributed by atoms with Crippen molar-refractivity contribution in [1.82, 2.24) is 24.9 Å². The zero-order valence-corrected chi connectivity index (χ0v) is 17.4. The summed E-state index contributed by atoms with van der Waals surface area (Å²) in [6.07, 6.45) is 8.80. The van der Waals surface area contributed by atoms with Crippen LogP contribution in [0.15, 0.2) is 67.0 Å². The number of benzene rings is 1. The van der Waals surface area contributed by atoms with Crippen molar-refractivity contribution in [2.24, 2.45) is 0 Å². The fraction of sp³-hybridized carbons (Fsp3) is 0.292. The van der Waals surface area contributed by atoms with Gasteiger partial charge in [-0.1, -0.05) is 48.6 Å². The van der Waals surface area contributed by atoms with E-state index >= 15 is 0 Å². The highest BCUT2D eigenvalue weighted by atomic mass is 16.2. The first-order valence-corrected chi connectivity index (χ1v) is 10.6. The van der Waals surface area contributed by atoms with E-state index in [0.717, 1.165) is 23.4 Å². The molecule has 31 heavy (non-hydrogen) atoms. The third kappa shape index (κ3) is 5.58. The molecule has 3 heterocycles. The maximum absolute atomic E-state index is 12.5. The Morgan fingerprint density at radius 2 is 2.03 bits per heavy atom. The summed E-state index contributed by atoms with van der Waals surface area (Å²) in [6, 6.07) is 15.4. The van der Waals surface area contributed by atoms with Gasteiger partial charge in [0.2, 0.25) is 11.8 Å². The van der Waals surface area contributed by atoms with Crippen molar-refractivity contribution in [3.63, 3.8) is 0 Å². The van der Waals surface area contributed by atoms with Gasteiger partial charge in [-0.2, -0.15) is 0 Å². The molecule has 0 spiro atoms. The van der Waals surface area contributed by atoms with E-state index in [1.54, 1.807) is 0 Å². The predicted octanol–water partition coefficient (Wildman–Crippen LogP) is 1.90. The summed E-state index contributed by atoms with van der Waals surface area (Å²) in [6.45, 7) is 2.44. The Hall–Kier alpha value is -3.45. The minimum atomic E-state index is -0.454. The van der Waals surface area contributed by atoms with Crippen molar-refractivity contribution in [3.05, 3.63) is 78.3 Å². The van der Waals surface area contributed by atoms with Crippen LogP contribution in [0, 0.1) is 0 Å². The number of imidazole rings is 1. The van der Waals surface area contributed by atoms with Gasteiger partial charge in [0.25, 0.3) is 0 Å². The normalized spacial score (nSPS) is 17.2. The number of nitrogens with zero attached hydrogens (tertiary/aromatic N) is 3. The van der Waals surface area contributed by atoms with Crippen LogP contribution in [-0.2, 0) is 16.0 Å². The zero-order chi connectivity index (χ0) is 21.5. The minimum Gasteiger partial charge on any atom is -0.356 e. The van der Waals surface area contributed by atoms with Crippen molar-refractivity contribution in [2.45, 2.75) is 18.9 Å². The van der Waals surface area contributed by atoms with Gasteiger partial charge in [-0.15, -0.1) is 0 Å². The Balaban J connectivity index is 1.28. The van der Waals surface area contributed by atoms with Gasteiger partial charge in [-0.25, -0.2) is 4.98 Å². The Morgan fingerprint density at radius 3 is 2.87 bits per heavy atom. The van der Waals surface area contributed by atoms with Crippen molar-refractivity contribution in [2.75, 3.05) is 26.2 Å². The quantitative estimate of drug-likeness (QED) is 0.587. The van der Waals surface area contributed by atoms with E-state index in [1.807, 2.05) is 77.5 Å². The Morgan fingerprint density at radius 1 is 1.19 bits per heavy atom. The van der Waals surface area contributed by atoms with Crippen LogP contribution in [0.4, 0.5) is 0 Å². The highest BCUT2D eigenvalue weighted by molar-refractivity contribution is 5.88. The standard InChI is InChI=1S/C24H27N5O2/c30-23(25-12-11-20-18-29-14-5-4-10-22(29)27-20)17-21-24(31)26-13-16-28(21)15-6-9-19-7-2-1-3-8-19/h1-10,14,18,21H,11-13,15-17H2,(H,25,30)(H,26,31)/b9-6+. The number of rotatable bonds is 8. The number of hydrogen-bond donors (Lipinski definition) is 2. The number of amides is 2. The molecule has 1 aliphatic heterocycles. The average molecular weight is 418 g/mol. The van der Waals surface area contributed by atoms with Gasteiger partial charge >= 0.3 is 0 Å². The monoisotopic (exact) mass is 417 g/mol. The molecule has 3 aromatic rings.